The van der Waals surface area contributed by atoms with E-state index in [1.54, 1.807) is 6.20 Å². The number of carbonyl (C=O) groups is 1. The quantitative estimate of drug-likeness (QED) is 0.789. The topological polar surface area (TPSA) is 73.9 Å². The van der Waals surface area contributed by atoms with Crippen molar-refractivity contribution in [1.82, 2.24) is 25.6 Å². The zero-order chi connectivity index (χ0) is 13.5. The number of amides is 1. The average molecular weight is 265 g/mol. The van der Waals surface area contributed by atoms with Gasteiger partial charge in [0, 0.05) is 13.0 Å². The van der Waals surface area contributed by atoms with Crippen molar-refractivity contribution >= 4 is 5.91 Å². The Kier molecular flexibility index (Phi) is 5.32. The molecule has 2 heterocycles. The Morgan fingerprint density at radius 3 is 3.00 bits per heavy atom. The van der Waals surface area contributed by atoms with Crippen molar-refractivity contribution in [3.63, 3.8) is 0 Å². The number of piperidine rings is 1. The lowest BCUT2D eigenvalue weighted by Gasteiger charge is -2.28. The number of likely N-dealkylation sites (tertiary alicyclic amines) is 1. The Balaban J connectivity index is 1.54. The number of rotatable bonds is 6. The predicted molar refractivity (Wildman–Crippen MR) is 72.6 cm³/mol. The molecule has 0 radical (unpaired) electrons. The first-order valence-electron chi connectivity index (χ1n) is 7.04. The summed E-state index contributed by atoms with van der Waals surface area (Å²) in [4.78, 5) is 14.1. The Labute approximate surface area is 113 Å². The van der Waals surface area contributed by atoms with Crippen molar-refractivity contribution in [3.05, 3.63) is 11.9 Å². The molecule has 1 saturated heterocycles. The van der Waals surface area contributed by atoms with Gasteiger partial charge in [-0.05, 0) is 51.7 Å². The number of hydrogen-bond acceptors (Lipinski definition) is 4. The van der Waals surface area contributed by atoms with Crippen LogP contribution < -0.4 is 5.32 Å². The van der Waals surface area contributed by atoms with Gasteiger partial charge in [0.15, 0.2) is 0 Å². The highest BCUT2D eigenvalue weighted by Gasteiger charge is 2.16. The van der Waals surface area contributed by atoms with Gasteiger partial charge in [-0.3, -0.25) is 4.79 Å². The van der Waals surface area contributed by atoms with E-state index in [0.717, 1.165) is 38.2 Å². The molecule has 1 amide bonds. The molecule has 2 N–H and O–H groups in total. The SMILES string of the molecule is CN1CCC(CNC(=O)CCCc2cn[nH]n2)CC1. The van der Waals surface area contributed by atoms with Crippen LogP contribution in [0.4, 0.5) is 0 Å². The third-order valence-corrected chi connectivity index (χ3v) is 3.73. The first kappa shape index (κ1) is 14.0. The second kappa shape index (κ2) is 7.23. The lowest BCUT2D eigenvalue weighted by molar-refractivity contribution is -0.121. The molecule has 1 aromatic heterocycles. The van der Waals surface area contributed by atoms with Crippen LogP contribution in [-0.4, -0.2) is 52.9 Å². The molecule has 2 rings (SSSR count). The summed E-state index contributed by atoms with van der Waals surface area (Å²) in [5.41, 5.74) is 0.920. The van der Waals surface area contributed by atoms with Crippen molar-refractivity contribution in [2.75, 3.05) is 26.7 Å². The molecule has 0 unspecified atom stereocenters. The van der Waals surface area contributed by atoms with Crippen LogP contribution in [0.15, 0.2) is 6.20 Å². The predicted octanol–water partition coefficient (Wildman–Crippen LogP) is 0.585. The lowest BCUT2D eigenvalue weighted by atomic mass is 9.97. The smallest absolute Gasteiger partial charge is 0.220 e. The molecule has 0 spiro atoms. The number of carbonyl (C=O) groups excluding carboxylic acids is 1. The van der Waals surface area contributed by atoms with E-state index in [4.69, 9.17) is 0 Å². The highest BCUT2D eigenvalue weighted by Crippen LogP contribution is 2.14. The third kappa shape index (κ3) is 4.98. The summed E-state index contributed by atoms with van der Waals surface area (Å²) in [6, 6.07) is 0. The summed E-state index contributed by atoms with van der Waals surface area (Å²) in [6.45, 7) is 3.12. The Bertz CT molecular complexity index is 370. The average Bonchev–Trinajstić information content (AvgIpc) is 2.91. The molecular formula is C13H23N5O. The summed E-state index contributed by atoms with van der Waals surface area (Å²) >= 11 is 0. The number of nitrogens with zero attached hydrogens (tertiary/aromatic N) is 3. The Hall–Kier alpha value is -1.43. The van der Waals surface area contributed by atoms with Gasteiger partial charge in [-0.1, -0.05) is 0 Å². The van der Waals surface area contributed by atoms with Crippen LogP contribution >= 0.6 is 0 Å². The van der Waals surface area contributed by atoms with E-state index < -0.39 is 0 Å². The summed E-state index contributed by atoms with van der Waals surface area (Å²) in [7, 11) is 2.15. The van der Waals surface area contributed by atoms with E-state index in [2.05, 4.69) is 32.7 Å². The van der Waals surface area contributed by atoms with Crippen molar-refractivity contribution < 1.29 is 4.79 Å². The molecule has 1 aliphatic heterocycles. The molecule has 19 heavy (non-hydrogen) atoms. The van der Waals surface area contributed by atoms with E-state index in [9.17, 15) is 4.79 Å². The molecule has 0 aliphatic carbocycles. The number of aromatic amines is 1. The molecule has 6 heteroatoms. The van der Waals surface area contributed by atoms with Crippen LogP contribution in [0.1, 0.15) is 31.4 Å². The fourth-order valence-corrected chi connectivity index (χ4v) is 2.39. The van der Waals surface area contributed by atoms with Crippen LogP contribution in [-0.2, 0) is 11.2 Å². The second-order valence-corrected chi connectivity index (χ2v) is 5.37. The zero-order valence-electron chi connectivity index (χ0n) is 11.6. The van der Waals surface area contributed by atoms with Gasteiger partial charge in [-0.25, -0.2) is 0 Å². The summed E-state index contributed by atoms with van der Waals surface area (Å²) < 4.78 is 0. The van der Waals surface area contributed by atoms with Crippen LogP contribution in [0, 0.1) is 5.92 Å². The number of aromatic nitrogens is 3. The number of aryl methyl sites for hydroxylation is 1. The molecular weight excluding hydrogens is 242 g/mol. The summed E-state index contributed by atoms with van der Waals surface area (Å²) in [5, 5.41) is 13.3. The van der Waals surface area contributed by atoms with Gasteiger partial charge < -0.3 is 10.2 Å². The Morgan fingerprint density at radius 1 is 1.53 bits per heavy atom. The molecule has 0 aromatic carbocycles. The molecule has 1 aliphatic rings. The lowest BCUT2D eigenvalue weighted by Crippen LogP contribution is -2.36. The molecule has 106 valence electrons. The minimum atomic E-state index is 0.155. The van der Waals surface area contributed by atoms with E-state index in [1.165, 1.54) is 12.8 Å². The number of hydrogen-bond donors (Lipinski definition) is 2. The number of nitrogens with one attached hydrogen (secondary N) is 2. The first-order chi connectivity index (χ1) is 9.24. The summed E-state index contributed by atoms with van der Waals surface area (Å²) in [6.07, 6.45) is 6.28. The van der Waals surface area contributed by atoms with Gasteiger partial charge in [0.25, 0.3) is 0 Å². The second-order valence-electron chi connectivity index (χ2n) is 5.37. The highest BCUT2D eigenvalue weighted by atomic mass is 16.1. The minimum absolute atomic E-state index is 0.155. The van der Waals surface area contributed by atoms with Crippen molar-refractivity contribution in [2.45, 2.75) is 32.1 Å². The van der Waals surface area contributed by atoms with Crippen LogP contribution in [0.25, 0.3) is 0 Å². The normalized spacial score (nSPS) is 17.5. The van der Waals surface area contributed by atoms with Crippen molar-refractivity contribution in [2.24, 2.45) is 5.92 Å². The molecule has 0 atom stereocenters. The maximum Gasteiger partial charge on any atom is 0.220 e. The summed E-state index contributed by atoms with van der Waals surface area (Å²) in [5.74, 6) is 0.804. The van der Waals surface area contributed by atoms with Gasteiger partial charge in [0.05, 0.1) is 11.9 Å². The first-order valence-corrected chi connectivity index (χ1v) is 7.04. The minimum Gasteiger partial charge on any atom is -0.356 e. The largest absolute Gasteiger partial charge is 0.356 e. The van der Waals surface area contributed by atoms with E-state index in [1.807, 2.05) is 0 Å². The monoisotopic (exact) mass is 265 g/mol. The van der Waals surface area contributed by atoms with Crippen LogP contribution in [0.2, 0.25) is 0 Å². The molecule has 0 bridgehead atoms. The maximum atomic E-state index is 11.7. The maximum absolute atomic E-state index is 11.7. The van der Waals surface area contributed by atoms with Gasteiger partial charge in [-0.15, -0.1) is 0 Å². The van der Waals surface area contributed by atoms with E-state index in [-0.39, 0.29) is 5.91 Å². The van der Waals surface area contributed by atoms with Gasteiger partial charge in [0.1, 0.15) is 0 Å². The van der Waals surface area contributed by atoms with E-state index in [0.29, 0.717) is 12.3 Å². The van der Waals surface area contributed by atoms with Crippen LogP contribution in [0.5, 0.6) is 0 Å². The van der Waals surface area contributed by atoms with Gasteiger partial charge in [-0.2, -0.15) is 15.4 Å². The van der Waals surface area contributed by atoms with Crippen LogP contribution in [0.3, 0.4) is 0 Å². The fourth-order valence-electron chi connectivity index (χ4n) is 2.39. The van der Waals surface area contributed by atoms with Crippen molar-refractivity contribution in [1.29, 1.82) is 0 Å². The third-order valence-electron chi connectivity index (χ3n) is 3.73. The van der Waals surface area contributed by atoms with E-state index >= 15 is 0 Å². The standard InChI is InChI=1S/C13H23N5O/c1-18-7-5-11(6-8-18)9-14-13(19)4-2-3-12-10-15-17-16-12/h10-11H,2-9H2,1H3,(H,14,19)(H,15,16,17). The van der Waals surface area contributed by atoms with Gasteiger partial charge >= 0.3 is 0 Å². The van der Waals surface area contributed by atoms with Gasteiger partial charge in [0.2, 0.25) is 5.91 Å². The number of H-pyrrole nitrogens is 1. The molecule has 0 saturated carbocycles. The fraction of sp³-hybridized carbons (Fsp3) is 0.769. The highest BCUT2D eigenvalue weighted by molar-refractivity contribution is 5.75. The zero-order valence-corrected chi connectivity index (χ0v) is 11.6. The Morgan fingerprint density at radius 2 is 2.32 bits per heavy atom. The molecule has 1 aromatic rings. The molecule has 6 nitrogen and oxygen atoms in total. The van der Waals surface area contributed by atoms with Crippen molar-refractivity contribution in [3.8, 4) is 0 Å². The molecule has 1 fully saturated rings.